The van der Waals surface area contributed by atoms with Crippen molar-refractivity contribution < 1.29 is 5.21 Å². The molecule has 0 spiro atoms. The third kappa shape index (κ3) is 3.10. The van der Waals surface area contributed by atoms with Gasteiger partial charge in [0.05, 0.1) is 5.52 Å². The summed E-state index contributed by atoms with van der Waals surface area (Å²) in [6, 6.07) is 7.92. The fourth-order valence-corrected chi connectivity index (χ4v) is 2.50. The van der Waals surface area contributed by atoms with Crippen LogP contribution in [0.15, 0.2) is 40.8 Å². The van der Waals surface area contributed by atoms with Crippen LogP contribution in [0.5, 0.6) is 0 Å². The van der Waals surface area contributed by atoms with Gasteiger partial charge in [-0.25, -0.2) is 9.97 Å². The van der Waals surface area contributed by atoms with Crippen molar-refractivity contribution in [2.24, 2.45) is 10.9 Å². The Morgan fingerprint density at radius 2 is 2.17 bits per heavy atom. The first-order valence-corrected chi connectivity index (χ1v) is 6.59. The zero-order valence-electron chi connectivity index (χ0n) is 9.78. The van der Waals surface area contributed by atoms with Gasteiger partial charge in [0.1, 0.15) is 17.2 Å². The second-order valence-electron chi connectivity index (χ2n) is 3.74. The summed E-state index contributed by atoms with van der Waals surface area (Å²) in [7, 11) is 0. The number of hydrogen-bond donors (Lipinski definition) is 2. The number of rotatable bonds is 5. The van der Waals surface area contributed by atoms with E-state index in [-0.39, 0.29) is 5.84 Å². The van der Waals surface area contributed by atoms with Crippen LogP contribution >= 0.6 is 11.8 Å². The Labute approximate surface area is 109 Å². The van der Waals surface area contributed by atoms with E-state index in [0.29, 0.717) is 6.42 Å². The van der Waals surface area contributed by atoms with Crippen molar-refractivity contribution in [3.63, 3.8) is 0 Å². The van der Waals surface area contributed by atoms with E-state index in [9.17, 15) is 0 Å². The van der Waals surface area contributed by atoms with Crippen LogP contribution < -0.4 is 5.73 Å². The maximum Gasteiger partial charge on any atom is 0.139 e. The molecule has 1 aromatic heterocycles. The Kier molecular flexibility index (Phi) is 4.35. The molecule has 2 aromatic rings. The van der Waals surface area contributed by atoms with E-state index in [2.05, 4.69) is 15.1 Å². The third-order valence-corrected chi connectivity index (χ3v) is 3.54. The Morgan fingerprint density at radius 3 is 3.00 bits per heavy atom. The molecule has 5 nitrogen and oxygen atoms in total. The minimum Gasteiger partial charge on any atom is -0.409 e. The van der Waals surface area contributed by atoms with Crippen LogP contribution in [0.3, 0.4) is 0 Å². The third-order valence-electron chi connectivity index (χ3n) is 2.45. The SMILES string of the molecule is N/C(CCCSc1ncnc2ccccc12)=N\O. The van der Waals surface area contributed by atoms with Crippen LogP contribution in [0, 0.1) is 0 Å². The summed E-state index contributed by atoms with van der Waals surface area (Å²) in [5.74, 6) is 1.14. The molecule has 6 heteroatoms. The molecule has 0 amide bonds. The first kappa shape index (κ1) is 12.6. The molecule has 0 bridgehead atoms. The van der Waals surface area contributed by atoms with Crippen LogP contribution in [0.4, 0.5) is 0 Å². The molecule has 1 aromatic carbocycles. The second kappa shape index (κ2) is 6.20. The minimum atomic E-state index is 0.267. The monoisotopic (exact) mass is 262 g/mol. The van der Waals surface area contributed by atoms with Crippen LogP contribution in [0.25, 0.3) is 10.9 Å². The molecule has 18 heavy (non-hydrogen) atoms. The fourth-order valence-electron chi connectivity index (χ4n) is 1.57. The van der Waals surface area contributed by atoms with Crippen molar-refractivity contribution in [3.05, 3.63) is 30.6 Å². The summed E-state index contributed by atoms with van der Waals surface area (Å²) >= 11 is 1.66. The highest BCUT2D eigenvalue weighted by atomic mass is 32.2. The number of nitrogens with zero attached hydrogens (tertiary/aromatic N) is 3. The summed E-state index contributed by atoms with van der Waals surface area (Å²) in [5, 5.41) is 13.4. The van der Waals surface area contributed by atoms with Gasteiger partial charge in [0.2, 0.25) is 0 Å². The van der Waals surface area contributed by atoms with Gasteiger partial charge < -0.3 is 10.9 Å². The van der Waals surface area contributed by atoms with E-state index in [1.807, 2.05) is 24.3 Å². The Hall–Kier alpha value is -1.82. The first-order valence-electron chi connectivity index (χ1n) is 5.60. The molecule has 0 unspecified atom stereocenters. The van der Waals surface area contributed by atoms with Gasteiger partial charge in [0.15, 0.2) is 0 Å². The van der Waals surface area contributed by atoms with Crippen molar-refractivity contribution in [2.45, 2.75) is 17.9 Å². The van der Waals surface area contributed by atoms with Gasteiger partial charge in [-0.3, -0.25) is 0 Å². The molecule has 1 heterocycles. The van der Waals surface area contributed by atoms with E-state index in [1.165, 1.54) is 0 Å². The van der Waals surface area contributed by atoms with Crippen molar-refractivity contribution in [1.82, 2.24) is 9.97 Å². The summed E-state index contributed by atoms with van der Waals surface area (Å²) in [6.45, 7) is 0. The standard InChI is InChI=1S/C12H14N4OS/c13-11(16-17)6-3-7-18-12-9-4-1-2-5-10(9)14-8-15-12/h1-2,4-5,8,17H,3,6-7H2,(H2,13,16). The van der Waals surface area contributed by atoms with Crippen molar-refractivity contribution in [3.8, 4) is 0 Å². The van der Waals surface area contributed by atoms with Crippen LogP contribution in [0.1, 0.15) is 12.8 Å². The lowest BCUT2D eigenvalue weighted by atomic mass is 10.2. The van der Waals surface area contributed by atoms with Gasteiger partial charge in [0, 0.05) is 11.8 Å². The molecule has 0 aliphatic rings. The lowest BCUT2D eigenvalue weighted by Gasteiger charge is -2.04. The largest absolute Gasteiger partial charge is 0.409 e. The molecule has 0 aliphatic carbocycles. The zero-order chi connectivity index (χ0) is 12.8. The molecular formula is C12H14N4OS. The highest BCUT2D eigenvalue weighted by Crippen LogP contribution is 2.24. The van der Waals surface area contributed by atoms with Crippen LogP contribution in [0.2, 0.25) is 0 Å². The smallest absolute Gasteiger partial charge is 0.139 e. The van der Waals surface area contributed by atoms with Crippen molar-refractivity contribution in [2.75, 3.05) is 5.75 Å². The van der Waals surface area contributed by atoms with Gasteiger partial charge in [-0.1, -0.05) is 23.4 Å². The Balaban J connectivity index is 1.99. The molecule has 3 N–H and O–H groups in total. The van der Waals surface area contributed by atoms with Gasteiger partial charge in [-0.05, 0) is 18.2 Å². The minimum absolute atomic E-state index is 0.267. The highest BCUT2D eigenvalue weighted by molar-refractivity contribution is 7.99. The molecule has 0 saturated heterocycles. The van der Waals surface area contributed by atoms with Crippen LogP contribution in [-0.4, -0.2) is 26.8 Å². The van der Waals surface area contributed by atoms with E-state index >= 15 is 0 Å². The van der Waals surface area contributed by atoms with Crippen LogP contribution in [-0.2, 0) is 0 Å². The number of fused-ring (bicyclic) bond motifs is 1. The van der Waals surface area contributed by atoms with Crippen molar-refractivity contribution >= 4 is 28.5 Å². The number of amidine groups is 1. The number of aromatic nitrogens is 2. The maximum absolute atomic E-state index is 8.43. The first-order chi connectivity index (χ1) is 8.81. The molecule has 0 saturated carbocycles. The highest BCUT2D eigenvalue weighted by Gasteiger charge is 2.03. The topological polar surface area (TPSA) is 84.4 Å². The normalized spacial score (nSPS) is 11.9. The lowest BCUT2D eigenvalue weighted by molar-refractivity contribution is 0.317. The number of para-hydroxylation sites is 1. The summed E-state index contributed by atoms with van der Waals surface area (Å²) in [5.41, 5.74) is 6.36. The van der Waals surface area contributed by atoms with Gasteiger partial charge >= 0.3 is 0 Å². The lowest BCUT2D eigenvalue weighted by Crippen LogP contribution is -2.11. The Bertz CT molecular complexity index is 553. The summed E-state index contributed by atoms with van der Waals surface area (Å²) in [6.07, 6.45) is 3.01. The molecule has 2 rings (SSSR count). The molecule has 0 aliphatic heterocycles. The second-order valence-corrected chi connectivity index (χ2v) is 4.82. The molecule has 0 radical (unpaired) electrons. The number of nitrogens with two attached hydrogens (primary N) is 1. The van der Waals surface area contributed by atoms with Gasteiger partial charge in [-0.2, -0.15) is 0 Å². The number of oxime groups is 1. The zero-order valence-corrected chi connectivity index (χ0v) is 10.6. The predicted octanol–water partition coefficient (Wildman–Crippen LogP) is 2.25. The maximum atomic E-state index is 8.43. The van der Waals surface area contributed by atoms with E-state index < -0.39 is 0 Å². The average molecular weight is 262 g/mol. The molecule has 0 atom stereocenters. The van der Waals surface area contributed by atoms with Gasteiger partial charge in [0.25, 0.3) is 0 Å². The predicted molar refractivity (Wildman–Crippen MR) is 72.9 cm³/mol. The van der Waals surface area contributed by atoms with E-state index in [4.69, 9.17) is 10.9 Å². The molecule has 94 valence electrons. The van der Waals surface area contributed by atoms with Gasteiger partial charge in [-0.15, -0.1) is 11.8 Å². The van der Waals surface area contributed by atoms with E-state index in [0.717, 1.165) is 28.1 Å². The Morgan fingerprint density at radius 1 is 1.33 bits per heavy atom. The number of hydrogen-bond acceptors (Lipinski definition) is 5. The van der Waals surface area contributed by atoms with E-state index in [1.54, 1.807) is 18.1 Å². The molecular weight excluding hydrogens is 248 g/mol. The fraction of sp³-hybridized carbons (Fsp3) is 0.250. The summed E-state index contributed by atoms with van der Waals surface area (Å²) in [4.78, 5) is 8.50. The average Bonchev–Trinajstić information content (AvgIpc) is 2.43. The van der Waals surface area contributed by atoms with Crippen molar-refractivity contribution in [1.29, 1.82) is 0 Å². The number of benzene rings is 1. The summed E-state index contributed by atoms with van der Waals surface area (Å²) < 4.78 is 0. The number of thioether (sulfide) groups is 1. The molecule has 0 fully saturated rings. The quantitative estimate of drug-likeness (QED) is 0.164.